The van der Waals surface area contributed by atoms with E-state index in [0.29, 0.717) is 12.2 Å². The summed E-state index contributed by atoms with van der Waals surface area (Å²) in [4.78, 5) is 5.38. The molecule has 1 aromatic carbocycles. The zero-order valence-corrected chi connectivity index (χ0v) is 13.3. The average Bonchev–Trinajstić information content (AvgIpc) is 2.84. The molecular weight excluding hydrogens is 294 g/mol. The van der Waals surface area contributed by atoms with Crippen molar-refractivity contribution in [1.82, 2.24) is 9.29 Å². The normalized spacial score (nSPS) is 11.8. The van der Waals surface area contributed by atoms with Gasteiger partial charge in [0.05, 0.1) is 16.9 Å². The highest BCUT2D eigenvalue weighted by Gasteiger charge is 2.24. The van der Waals surface area contributed by atoms with Crippen molar-refractivity contribution in [2.45, 2.75) is 18.4 Å². The summed E-state index contributed by atoms with van der Waals surface area (Å²) >= 11 is 1.47. The second-order valence-electron chi connectivity index (χ2n) is 4.37. The van der Waals surface area contributed by atoms with Gasteiger partial charge in [0.15, 0.2) is 0 Å². The summed E-state index contributed by atoms with van der Waals surface area (Å²) in [6.45, 7) is 2.21. The van der Waals surface area contributed by atoms with Gasteiger partial charge >= 0.3 is 0 Å². The van der Waals surface area contributed by atoms with Crippen molar-refractivity contribution >= 4 is 27.0 Å². The molecule has 108 valence electrons. The molecule has 0 aliphatic heterocycles. The Hall–Kier alpha value is -1.44. The fourth-order valence-electron chi connectivity index (χ4n) is 1.83. The van der Waals surface area contributed by atoms with Crippen LogP contribution in [0.1, 0.15) is 10.6 Å². The number of para-hydroxylation sites is 1. The molecular formula is C13H17N3O2S2. The molecule has 0 atom stereocenters. The van der Waals surface area contributed by atoms with Crippen molar-refractivity contribution < 1.29 is 8.42 Å². The minimum Gasteiger partial charge on any atom is -0.387 e. The topological polar surface area (TPSA) is 62.3 Å². The number of hydrogen-bond donors (Lipinski definition) is 1. The smallest absolute Gasteiger partial charge is 0.245 e. The molecule has 0 fully saturated rings. The van der Waals surface area contributed by atoms with Crippen molar-refractivity contribution in [3.8, 4) is 0 Å². The van der Waals surface area contributed by atoms with E-state index in [9.17, 15) is 8.42 Å². The lowest BCUT2D eigenvalue weighted by atomic mass is 10.3. The van der Waals surface area contributed by atoms with Crippen LogP contribution in [0.3, 0.4) is 0 Å². The van der Waals surface area contributed by atoms with Crippen molar-refractivity contribution in [3.05, 3.63) is 40.3 Å². The number of nitrogens with one attached hydrogen (secondary N) is 1. The largest absolute Gasteiger partial charge is 0.387 e. The molecule has 1 N–H and O–H groups in total. The summed E-state index contributed by atoms with van der Waals surface area (Å²) in [5.74, 6) is 0. The maximum absolute atomic E-state index is 12.6. The van der Waals surface area contributed by atoms with E-state index in [1.54, 1.807) is 43.9 Å². The molecule has 0 aliphatic carbocycles. The van der Waals surface area contributed by atoms with Gasteiger partial charge in [-0.15, -0.1) is 11.3 Å². The van der Waals surface area contributed by atoms with Crippen LogP contribution >= 0.6 is 11.3 Å². The van der Waals surface area contributed by atoms with Gasteiger partial charge in [-0.25, -0.2) is 13.4 Å². The number of nitrogens with zero attached hydrogens (tertiary/aromatic N) is 2. The maximum Gasteiger partial charge on any atom is 0.245 e. The van der Waals surface area contributed by atoms with Crippen LogP contribution in [0.15, 0.2) is 34.7 Å². The molecule has 5 nitrogen and oxygen atoms in total. The van der Waals surface area contributed by atoms with E-state index in [1.165, 1.54) is 15.6 Å². The third kappa shape index (κ3) is 2.84. The Morgan fingerprint density at radius 3 is 2.65 bits per heavy atom. The molecule has 20 heavy (non-hydrogen) atoms. The first kappa shape index (κ1) is 15.0. The number of benzene rings is 1. The number of sulfonamides is 1. The third-order valence-electron chi connectivity index (χ3n) is 3.06. The van der Waals surface area contributed by atoms with Crippen LogP contribution in [0, 0.1) is 6.92 Å². The molecule has 0 amide bonds. The highest BCUT2D eigenvalue weighted by molar-refractivity contribution is 7.89. The Morgan fingerprint density at radius 1 is 1.35 bits per heavy atom. The Labute approximate surface area is 123 Å². The monoisotopic (exact) mass is 311 g/mol. The lowest BCUT2D eigenvalue weighted by Crippen LogP contribution is -2.27. The number of thiazole rings is 1. The van der Waals surface area contributed by atoms with E-state index >= 15 is 0 Å². The lowest BCUT2D eigenvalue weighted by molar-refractivity contribution is 0.469. The van der Waals surface area contributed by atoms with Gasteiger partial charge in [0.1, 0.15) is 4.90 Å². The molecule has 0 aliphatic rings. The number of rotatable bonds is 5. The minimum absolute atomic E-state index is 0.284. The van der Waals surface area contributed by atoms with E-state index in [1.807, 2.05) is 6.92 Å². The van der Waals surface area contributed by atoms with Gasteiger partial charge in [0.2, 0.25) is 10.0 Å². The third-order valence-corrected chi connectivity index (χ3v) is 5.84. The first-order chi connectivity index (χ1) is 9.46. The van der Waals surface area contributed by atoms with Crippen LogP contribution in [0.4, 0.5) is 5.69 Å². The zero-order valence-electron chi connectivity index (χ0n) is 11.6. The van der Waals surface area contributed by atoms with E-state index < -0.39 is 10.0 Å². The Balaban J connectivity index is 2.32. The SMILES string of the molecule is CNc1ccccc1S(=O)(=O)N(C)Cc1scnc1C. The van der Waals surface area contributed by atoms with Gasteiger partial charge in [-0.3, -0.25) is 0 Å². The van der Waals surface area contributed by atoms with Gasteiger partial charge in [0.25, 0.3) is 0 Å². The summed E-state index contributed by atoms with van der Waals surface area (Å²) in [6.07, 6.45) is 0. The molecule has 0 spiro atoms. The average molecular weight is 311 g/mol. The van der Waals surface area contributed by atoms with E-state index in [-0.39, 0.29) is 4.90 Å². The molecule has 0 saturated heterocycles. The quantitative estimate of drug-likeness (QED) is 0.920. The predicted molar refractivity (Wildman–Crippen MR) is 81.5 cm³/mol. The van der Waals surface area contributed by atoms with Crippen LogP contribution < -0.4 is 5.32 Å². The lowest BCUT2D eigenvalue weighted by Gasteiger charge is -2.18. The van der Waals surface area contributed by atoms with Crippen LogP contribution in [0.2, 0.25) is 0 Å². The number of hydrogen-bond acceptors (Lipinski definition) is 5. The van der Waals surface area contributed by atoms with Gasteiger partial charge in [-0.05, 0) is 19.1 Å². The van der Waals surface area contributed by atoms with Gasteiger partial charge in [0, 0.05) is 25.5 Å². The van der Waals surface area contributed by atoms with Crippen molar-refractivity contribution in [1.29, 1.82) is 0 Å². The molecule has 0 bridgehead atoms. The fraction of sp³-hybridized carbons (Fsp3) is 0.308. The van der Waals surface area contributed by atoms with Crippen LogP contribution in [0.25, 0.3) is 0 Å². The summed E-state index contributed by atoms with van der Waals surface area (Å²) in [7, 11) is -0.231. The summed E-state index contributed by atoms with van der Waals surface area (Å²) in [6, 6.07) is 6.88. The highest BCUT2D eigenvalue weighted by Crippen LogP contribution is 2.25. The predicted octanol–water partition coefficient (Wildman–Crippen LogP) is 2.31. The summed E-state index contributed by atoms with van der Waals surface area (Å²) in [5.41, 5.74) is 3.20. The highest BCUT2D eigenvalue weighted by atomic mass is 32.2. The van der Waals surface area contributed by atoms with Crippen LogP contribution in [-0.2, 0) is 16.6 Å². The molecule has 0 radical (unpaired) electrons. The molecule has 1 aromatic heterocycles. The van der Waals surface area contributed by atoms with Crippen molar-refractivity contribution in [3.63, 3.8) is 0 Å². The Bertz CT molecular complexity index is 695. The second-order valence-corrected chi connectivity index (χ2v) is 7.32. The van der Waals surface area contributed by atoms with E-state index in [0.717, 1.165) is 10.6 Å². The number of aryl methyl sites for hydroxylation is 1. The Kier molecular flexibility index (Phi) is 4.42. The second kappa shape index (κ2) is 5.90. The van der Waals surface area contributed by atoms with Crippen LogP contribution in [0.5, 0.6) is 0 Å². The first-order valence-electron chi connectivity index (χ1n) is 6.09. The van der Waals surface area contributed by atoms with Gasteiger partial charge in [-0.1, -0.05) is 12.1 Å². The zero-order chi connectivity index (χ0) is 14.8. The molecule has 0 saturated carbocycles. The molecule has 7 heteroatoms. The standard InChI is InChI=1S/C13H17N3O2S2/c1-10-12(19-9-15-10)8-16(3)20(17,18)13-7-5-4-6-11(13)14-2/h4-7,9,14H,8H2,1-3H3. The molecule has 2 rings (SSSR count). The summed E-state index contributed by atoms with van der Waals surface area (Å²) in [5, 5.41) is 2.91. The number of aromatic nitrogens is 1. The first-order valence-corrected chi connectivity index (χ1v) is 8.41. The minimum atomic E-state index is -3.52. The molecule has 1 heterocycles. The van der Waals surface area contributed by atoms with Crippen molar-refractivity contribution in [2.24, 2.45) is 0 Å². The van der Waals surface area contributed by atoms with E-state index in [4.69, 9.17) is 0 Å². The number of anilines is 1. The molecule has 0 unspecified atom stereocenters. The summed E-state index contributed by atoms with van der Waals surface area (Å²) < 4.78 is 26.6. The Morgan fingerprint density at radius 2 is 2.05 bits per heavy atom. The van der Waals surface area contributed by atoms with Crippen molar-refractivity contribution in [2.75, 3.05) is 19.4 Å². The fourth-order valence-corrected chi connectivity index (χ4v) is 4.08. The van der Waals surface area contributed by atoms with Gasteiger partial charge < -0.3 is 5.32 Å². The van der Waals surface area contributed by atoms with Gasteiger partial charge in [-0.2, -0.15) is 4.31 Å². The van der Waals surface area contributed by atoms with Crippen LogP contribution in [-0.4, -0.2) is 31.8 Å². The molecule has 2 aromatic rings. The van der Waals surface area contributed by atoms with E-state index in [2.05, 4.69) is 10.3 Å². The maximum atomic E-state index is 12.6.